The van der Waals surface area contributed by atoms with E-state index in [-0.39, 0.29) is 34.1 Å². The number of halogens is 1. The van der Waals surface area contributed by atoms with Gasteiger partial charge in [-0.2, -0.15) is 0 Å². The quantitative estimate of drug-likeness (QED) is 0.208. The zero-order valence-corrected chi connectivity index (χ0v) is 25.3. The number of esters is 2. The Morgan fingerprint density at radius 1 is 1.00 bits per heavy atom. The van der Waals surface area contributed by atoms with Gasteiger partial charge in [-0.05, 0) is 67.4 Å². The fourth-order valence-electron chi connectivity index (χ4n) is 4.68. The summed E-state index contributed by atoms with van der Waals surface area (Å²) in [5.41, 5.74) is 1.99. The van der Waals surface area contributed by atoms with E-state index in [1.54, 1.807) is 81.6 Å². The highest BCUT2D eigenvalue weighted by Crippen LogP contribution is 2.32. The Kier molecular flexibility index (Phi) is 8.79. The van der Waals surface area contributed by atoms with E-state index < -0.39 is 18.0 Å². The molecule has 2 heterocycles. The predicted molar refractivity (Wildman–Crippen MR) is 163 cm³/mol. The van der Waals surface area contributed by atoms with Gasteiger partial charge in [0.25, 0.3) is 5.56 Å². The molecule has 0 unspecified atom stereocenters. The van der Waals surface area contributed by atoms with Crippen LogP contribution in [0.3, 0.4) is 0 Å². The van der Waals surface area contributed by atoms with E-state index >= 15 is 0 Å². The largest absolute Gasteiger partial charge is 0.497 e. The van der Waals surface area contributed by atoms with Crippen molar-refractivity contribution in [2.45, 2.75) is 19.9 Å². The van der Waals surface area contributed by atoms with E-state index in [2.05, 4.69) is 4.99 Å². The third kappa shape index (κ3) is 5.97. The molecule has 0 fully saturated rings. The lowest BCUT2D eigenvalue weighted by atomic mass is 9.96. The minimum absolute atomic E-state index is 0.181. The van der Waals surface area contributed by atoms with Crippen LogP contribution >= 0.6 is 22.9 Å². The van der Waals surface area contributed by atoms with Gasteiger partial charge >= 0.3 is 11.9 Å². The van der Waals surface area contributed by atoms with Gasteiger partial charge in [0.1, 0.15) is 5.75 Å². The minimum atomic E-state index is -0.746. The average Bonchev–Trinajstić information content (AvgIpc) is 3.31. The summed E-state index contributed by atoms with van der Waals surface area (Å²) in [4.78, 5) is 44.7. The third-order valence-electron chi connectivity index (χ3n) is 6.73. The monoisotopic (exact) mass is 618 g/mol. The number of hydrogen-bond donors (Lipinski definition) is 0. The molecule has 220 valence electrons. The van der Waals surface area contributed by atoms with E-state index in [9.17, 15) is 14.4 Å². The molecule has 4 aromatic rings. The average molecular weight is 619 g/mol. The Balaban J connectivity index is 1.56. The highest BCUT2D eigenvalue weighted by atomic mass is 35.5. The molecule has 1 aliphatic heterocycles. The molecule has 3 aromatic carbocycles. The summed E-state index contributed by atoms with van der Waals surface area (Å²) in [6.45, 7) is 3.64. The molecule has 1 atom stereocenters. The number of allylic oxidation sites excluding steroid dienone is 1. The zero-order valence-electron chi connectivity index (χ0n) is 23.8. The Bertz CT molecular complexity index is 1930. The highest BCUT2D eigenvalue weighted by molar-refractivity contribution is 7.07. The molecular weight excluding hydrogens is 592 g/mol. The van der Waals surface area contributed by atoms with Gasteiger partial charge in [-0.3, -0.25) is 9.36 Å². The Labute approximate surface area is 255 Å². The Morgan fingerprint density at radius 2 is 1.74 bits per heavy atom. The molecule has 43 heavy (non-hydrogen) atoms. The number of fused-ring (bicyclic) bond motifs is 1. The van der Waals surface area contributed by atoms with Gasteiger partial charge in [0.15, 0.2) is 16.3 Å². The number of rotatable bonds is 8. The van der Waals surface area contributed by atoms with E-state index in [4.69, 9.17) is 30.5 Å². The fourth-order valence-corrected chi connectivity index (χ4v) is 5.94. The second kappa shape index (κ2) is 12.7. The van der Waals surface area contributed by atoms with Crippen LogP contribution in [0.5, 0.6) is 17.2 Å². The molecular formula is C32H27ClN2O7S. The van der Waals surface area contributed by atoms with E-state index in [1.807, 2.05) is 12.1 Å². The van der Waals surface area contributed by atoms with E-state index in [0.717, 1.165) is 0 Å². The smallest absolute Gasteiger partial charge is 0.345 e. The van der Waals surface area contributed by atoms with Crippen LogP contribution in [-0.2, 0) is 9.53 Å². The first-order valence-corrected chi connectivity index (χ1v) is 14.4. The van der Waals surface area contributed by atoms with Crippen molar-refractivity contribution < 1.29 is 28.5 Å². The lowest BCUT2D eigenvalue weighted by molar-refractivity contribution is -0.139. The van der Waals surface area contributed by atoms with Crippen molar-refractivity contribution in [2.75, 3.05) is 20.8 Å². The highest BCUT2D eigenvalue weighted by Gasteiger charge is 2.33. The number of carbonyl (C=O) groups is 2. The maximum Gasteiger partial charge on any atom is 0.345 e. The molecule has 5 rings (SSSR count). The van der Waals surface area contributed by atoms with Gasteiger partial charge in [0.05, 0.1) is 53.3 Å². The van der Waals surface area contributed by atoms with Crippen molar-refractivity contribution in [3.63, 3.8) is 0 Å². The number of methoxy groups -OCH3 is 2. The van der Waals surface area contributed by atoms with Crippen molar-refractivity contribution in [1.29, 1.82) is 0 Å². The molecule has 0 saturated heterocycles. The fraction of sp³-hybridized carbons (Fsp3) is 0.188. The van der Waals surface area contributed by atoms with Crippen molar-refractivity contribution in [2.24, 2.45) is 4.99 Å². The maximum absolute atomic E-state index is 13.9. The normalized spacial score (nSPS) is 14.5. The molecule has 0 spiro atoms. The third-order valence-corrected chi connectivity index (χ3v) is 8.04. The first-order valence-electron chi connectivity index (χ1n) is 13.2. The second-order valence-corrected chi connectivity index (χ2v) is 10.8. The van der Waals surface area contributed by atoms with Crippen LogP contribution in [0.1, 0.15) is 41.4 Å². The molecule has 0 saturated carbocycles. The zero-order chi connectivity index (χ0) is 30.7. The van der Waals surface area contributed by atoms with Gasteiger partial charge < -0.3 is 18.9 Å². The first-order chi connectivity index (χ1) is 20.7. The number of aromatic nitrogens is 1. The molecule has 0 amide bonds. The summed E-state index contributed by atoms with van der Waals surface area (Å²) in [6.07, 6.45) is 1.69. The first kappa shape index (κ1) is 29.8. The van der Waals surface area contributed by atoms with Gasteiger partial charge in [0, 0.05) is 0 Å². The number of ether oxygens (including phenoxy) is 4. The second-order valence-electron chi connectivity index (χ2n) is 9.36. The molecule has 1 aliphatic rings. The van der Waals surface area contributed by atoms with Crippen LogP contribution < -0.4 is 29.1 Å². The number of thiazole rings is 1. The number of hydrogen-bond acceptors (Lipinski definition) is 9. The summed E-state index contributed by atoms with van der Waals surface area (Å²) in [5.74, 6) is -0.0371. The molecule has 1 aromatic heterocycles. The lowest BCUT2D eigenvalue weighted by Gasteiger charge is -2.24. The Morgan fingerprint density at radius 3 is 2.42 bits per heavy atom. The van der Waals surface area contributed by atoms with Crippen LogP contribution in [0.2, 0.25) is 5.02 Å². The standard InChI is InChI=1S/C32H27ClN2O7S/c1-5-41-31(38)27-18(2)34-32-35(28(27)20-11-13-21(39-3)14-12-20)29(36)26(43-32)17-19-10-15-24(25(16-19)40-4)42-30(37)22-8-6-7-9-23(22)33/h6-17,28H,5H2,1-4H3/b26-17+/t28-/m0/s1. The van der Waals surface area contributed by atoms with Crippen LogP contribution in [0, 0.1) is 0 Å². The van der Waals surface area contributed by atoms with Crippen molar-refractivity contribution >= 4 is 41.0 Å². The van der Waals surface area contributed by atoms with Gasteiger partial charge in [-0.25, -0.2) is 14.6 Å². The van der Waals surface area contributed by atoms with E-state index in [1.165, 1.54) is 23.0 Å². The topological polar surface area (TPSA) is 105 Å². The minimum Gasteiger partial charge on any atom is -0.497 e. The van der Waals surface area contributed by atoms with Gasteiger partial charge in [0.2, 0.25) is 0 Å². The van der Waals surface area contributed by atoms with Crippen molar-refractivity contribution in [3.05, 3.63) is 119 Å². The lowest BCUT2D eigenvalue weighted by Crippen LogP contribution is -2.39. The molecule has 11 heteroatoms. The van der Waals surface area contributed by atoms with Crippen LogP contribution in [0.4, 0.5) is 0 Å². The summed E-state index contributed by atoms with van der Waals surface area (Å²) in [5, 5.41) is 0.271. The number of benzene rings is 3. The van der Waals surface area contributed by atoms with Gasteiger partial charge in [-0.15, -0.1) is 0 Å². The van der Waals surface area contributed by atoms with Gasteiger partial charge in [-0.1, -0.05) is 53.3 Å². The predicted octanol–water partition coefficient (Wildman–Crippen LogP) is 4.69. The number of nitrogens with zero attached hydrogens (tertiary/aromatic N) is 2. The van der Waals surface area contributed by atoms with Crippen LogP contribution in [-0.4, -0.2) is 37.3 Å². The Hall–Kier alpha value is -4.67. The SMILES string of the molecule is CCOC(=O)C1=C(C)N=c2s/c(=C/c3ccc(OC(=O)c4ccccc4Cl)c(OC)c3)c(=O)n2[C@H]1c1ccc(OC)cc1. The number of carbonyl (C=O) groups excluding carboxylic acids is 2. The molecule has 9 nitrogen and oxygen atoms in total. The molecule has 0 aliphatic carbocycles. The summed E-state index contributed by atoms with van der Waals surface area (Å²) in [6, 6.07) is 17.9. The van der Waals surface area contributed by atoms with Crippen LogP contribution in [0.25, 0.3) is 6.08 Å². The maximum atomic E-state index is 13.9. The van der Waals surface area contributed by atoms with E-state index in [0.29, 0.717) is 37.7 Å². The summed E-state index contributed by atoms with van der Waals surface area (Å²) < 4.78 is 23.6. The molecule has 0 bridgehead atoms. The van der Waals surface area contributed by atoms with Crippen molar-refractivity contribution in [1.82, 2.24) is 4.57 Å². The summed E-state index contributed by atoms with van der Waals surface area (Å²) in [7, 11) is 3.02. The van der Waals surface area contributed by atoms with Crippen molar-refractivity contribution in [3.8, 4) is 17.2 Å². The molecule has 0 N–H and O–H groups in total. The van der Waals surface area contributed by atoms with Crippen LogP contribution in [0.15, 0.2) is 87.8 Å². The summed E-state index contributed by atoms with van der Waals surface area (Å²) >= 11 is 7.33. The molecule has 0 radical (unpaired) electrons.